The molecular formula is C23H23N7. The van der Waals surface area contributed by atoms with Gasteiger partial charge < -0.3 is 5.32 Å². The number of hydrogen-bond acceptors (Lipinski definition) is 6. The molecule has 0 radical (unpaired) electrons. The van der Waals surface area contributed by atoms with Gasteiger partial charge >= 0.3 is 0 Å². The molecule has 2 aliphatic rings. The van der Waals surface area contributed by atoms with E-state index in [-0.39, 0.29) is 5.54 Å². The lowest BCUT2D eigenvalue weighted by molar-refractivity contribution is -0.111. The number of piperidine rings is 1. The topological polar surface area (TPSA) is 71.8 Å². The lowest BCUT2D eigenvalue weighted by Gasteiger charge is -2.62. The van der Waals surface area contributed by atoms with Crippen LogP contribution in [0.5, 0.6) is 0 Å². The Labute approximate surface area is 174 Å². The summed E-state index contributed by atoms with van der Waals surface area (Å²) in [5.74, 6) is 0. The quantitative estimate of drug-likeness (QED) is 0.571. The van der Waals surface area contributed by atoms with Crippen LogP contribution in [0.4, 0.5) is 0 Å². The number of aryl methyl sites for hydroxylation is 1. The first-order valence-corrected chi connectivity index (χ1v) is 10.3. The number of pyridine rings is 1. The Hall–Kier alpha value is -3.16. The first-order valence-electron chi connectivity index (χ1n) is 10.3. The fourth-order valence-electron chi connectivity index (χ4n) is 5.17. The van der Waals surface area contributed by atoms with Gasteiger partial charge in [0, 0.05) is 62.3 Å². The van der Waals surface area contributed by atoms with E-state index in [0.717, 1.165) is 53.8 Å². The summed E-state index contributed by atoms with van der Waals surface area (Å²) in [6, 6.07) is 11.1. The van der Waals surface area contributed by atoms with Crippen molar-refractivity contribution in [2.24, 2.45) is 7.05 Å². The van der Waals surface area contributed by atoms with Gasteiger partial charge in [0.15, 0.2) is 0 Å². The van der Waals surface area contributed by atoms with Crippen LogP contribution in [0.15, 0.2) is 61.4 Å². The van der Waals surface area contributed by atoms with Gasteiger partial charge in [-0.15, -0.1) is 0 Å². The summed E-state index contributed by atoms with van der Waals surface area (Å²) >= 11 is 0. The molecule has 5 heterocycles. The highest BCUT2D eigenvalue weighted by atomic mass is 15.4. The summed E-state index contributed by atoms with van der Waals surface area (Å²) in [5.41, 5.74) is 5.54. The molecule has 1 aromatic carbocycles. The van der Waals surface area contributed by atoms with Crippen LogP contribution in [0.25, 0.3) is 22.0 Å². The van der Waals surface area contributed by atoms with Crippen molar-refractivity contribution < 1.29 is 0 Å². The standard InChI is InChI=1S/C23H23N7/c1-29-12-17(9-28-29)16-6-21(20-11-25-15-27-22(20)7-16)23-8-19(10-24-14-23)30(23)13-18-4-2-3-5-26-18/h2-7,9,11-12,15,19,24H,8,10,13-14H2,1H3. The highest BCUT2D eigenvalue weighted by molar-refractivity contribution is 5.88. The summed E-state index contributed by atoms with van der Waals surface area (Å²) in [7, 11) is 1.95. The molecule has 2 saturated heterocycles. The number of aromatic nitrogens is 5. The largest absolute Gasteiger partial charge is 0.313 e. The minimum absolute atomic E-state index is 0.0817. The zero-order valence-corrected chi connectivity index (χ0v) is 16.9. The van der Waals surface area contributed by atoms with E-state index in [2.05, 4.69) is 60.7 Å². The molecule has 2 fully saturated rings. The fourth-order valence-corrected chi connectivity index (χ4v) is 5.17. The van der Waals surface area contributed by atoms with Gasteiger partial charge in [-0.25, -0.2) is 9.97 Å². The number of likely N-dealkylation sites (tertiary alicyclic amines) is 1. The first-order chi connectivity index (χ1) is 14.7. The van der Waals surface area contributed by atoms with Crippen LogP contribution in [-0.2, 0) is 19.1 Å². The predicted molar refractivity (Wildman–Crippen MR) is 114 cm³/mol. The smallest absolute Gasteiger partial charge is 0.116 e. The van der Waals surface area contributed by atoms with Crippen LogP contribution in [-0.4, -0.2) is 48.8 Å². The average Bonchev–Trinajstić information content (AvgIpc) is 3.24. The summed E-state index contributed by atoms with van der Waals surface area (Å²) in [6.45, 7) is 2.78. The molecule has 1 N–H and O–H groups in total. The molecule has 4 aromatic rings. The maximum Gasteiger partial charge on any atom is 0.116 e. The number of fused-ring (bicyclic) bond motifs is 3. The zero-order valence-electron chi connectivity index (χ0n) is 16.9. The van der Waals surface area contributed by atoms with Gasteiger partial charge in [0.2, 0.25) is 0 Å². The molecule has 0 amide bonds. The fraction of sp³-hybridized carbons (Fsp3) is 0.304. The van der Waals surface area contributed by atoms with Gasteiger partial charge in [-0.3, -0.25) is 14.6 Å². The van der Waals surface area contributed by atoms with Gasteiger partial charge in [-0.05, 0) is 41.8 Å². The third-order valence-corrected chi connectivity index (χ3v) is 6.58. The molecule has 0 aliphatic carbocycles. The SMILES string of the molecule is Cn1cc(-c2cc(C34CNCC(C3)N4Cc3ccccn3)c3cncnc3c2)cn1. The molecule has 2 unspecified atom stereocenters. The van der Waals surface area contributed by atoms with E-state index in [1.54, 1.807) is 6.33 Å². The summed E-state index contributed by atoms with van der Waals surface area (Å²) in [5, 5.41) is 9.14. The summed E-state index contributed by atoms with van der Waals surface area (Å²) in [4.78, 5) is 16.1. The number of rotatable bonds is 4. The number of benzene rings is 1. The molecule has 2 atom stereocenters. The number of nitrogens with zero attached hydrogens (tertiary/aromatic N) is 6. The normalized spacial score (nSPS) is 23.4. The second-order valence-electron chi connectivity index (χ2n) is 8.35. The minimum atomic E-state index is -0.0817. The van der Waals surface area contributed by atoms with Gasteiger partial charge in [-0.2, -0.15) is 5.10 Å². The first kappa shape index (κ1) is 17.7. The minimum Gasteiger partial charge on any atom is -0.313 e. The molecule has 150 valence electrons. The zero-order chi connectivity index (χ0) is 20.1. The van der Waals surface area contributed by atoms with E-state index >= 15 is 0 Å². The van der Waals surface area contributed by atoms with E-state index in [1.807, 2.05) is 36.4 Å². The molecule has 2 bridgehead atoms. The van der Waals surface area contributed by atoms with E-state index in [9.17, 15) is 0 Å². The lowest BCUT2D eigenvalue weighted by Crippen LogP contribution is -2.73. The van der Waals surface area contributed by atoms with Crippen molar-refractivity contribution in [3.63, 3.8) is 0 Å². The highest BCUT2D eigenvalue weighted by Gasteiger charge is 2.55. The molecule has 0 spiro atoms. The van der Waals surface area contributed by atoms with Crippen molar-refractivity contribution in [1.82, 2.24) is 34.9 Å². The Morgan fingerprint density at radius 3 is 2.93 bits per heavy atom. The van der Waals surface area contributed by atoms with Crippen LogP contribution in [0, 0.1) is 0 Å². The van der Waals surface area contributed by atoms with Gasteiger partial charge in [0.25, 0.3) is 0 Å². The van der Waals surface area contributed by atoms with Crippen LogP contribution in [0.2, 0.25) is 0 Å². The van der Waals surface area contributed by atoms with Crippen molar-refractivity contribution in [2.45, 2.75) is 24.5 Å². The molecule has 3 aromatic heterocycles. The third-order valence-electron chi connectivity index (χ3n) is 6.58. The van der Waals surface area contributed by atoms with E-state index in [0.29, 0.717) is 6.04 Å². The molecule has 30 heavy (non-hydrogen) atoms. The van der Waals surface area contributed by atoms with Crippen molar-refractivity contribution in [2.75, 3.05) is 13.1 Å². The van der Waals surface area contributed by atoms with Crippen LogP contribution < -0.4 is 5.32 Å². The number of piperazine rings is 1. The van der Waals surface area contributed by atoms with E-state index in [1.165, 1.54) is 5.56 Å². The number of hydrogen-bond donors (Lipinski definition) is 1. The van der Waals surface area contributed by atoms with Crippen LogP contribution in [0.1, 0.15) is 17.7 Å². The Balaban J connectivity index is 1.50. The predicted octanol–water partition coefficient (Wildman–Crippen LogP) is 2.50. The van der Waals surface area contributed by atoms with Gasteiger partial charge in [-0.1, -0.05) is 6.07 Å². The van der Waals surface area contributed by atoms with Crippen LogP contribution in [0.3, 0.4) is 0 Å². The molecule has 7 heteroatoms. The Bertz CT molecular complexity index is 1210. The number of nitrogens with one attached hydrogen (secondary N) is 1. The maximum atomic E-state index is 4.60. The van der Waals surface area contributed by atoms with Crippen molar-refractivity contribution in [3.8, 4) is 11.1 Å². The van der Waals surface area contributed by atoms with Gasteiger partial charge in [0.1, 0.15) is 6.33 Å². The van der Waals surface area contributed by atoms with Crippen LogP contribution >= 0.6 is 0 Å². The van der Waals surface area contributed by atoms with Crippen molar-refractivity contribution in [3.05, 3.63) is 72.7 Å². The Morgan fingerprint density at radius 2 is 2.13 bits per heavy atom. The molecular weight excluding hydrogens is 374 g/mol. The summed E-state index contributed by atoms with van der Waals surface area (Å²) in [6.07, 6.45) is 10.6. The monoisotopic (exact) mass is 397 g/mol. The van der Waals surface area contributed by atoms with E-state index in [4.69, 9.17) is 0 Å². The maximum absolute atomic E-state index is 4.60. The second kappa shape index (κ2) is 6.68. The Kier molecular flexibility index (Phi) is 3.94. The molecule has 0 saturated carbocycles. The summed E-state index contributed by atoms with van der Waals surface area (Å²) < 4.78 is 1.84. The molecule has 6 rings (SSSR count). The third kappa shape index (κ3) is 2.66. The lowest BCUT2D eigenvalue weighted by atomic mass is 9.69. The second-order valence-corrected chi connectivity index (χ2v) is 8.35. The van der Waals surface area contributed by atoms with Crippen molar-refractivity contribution >= 4 is 10.9 Å². The van der Waals surface area contributed by atoms with Gasteiger partial charge in [0.05, 0.1) is 22.9 Å². The highest BCUT2D eigenvalue weighted by Crippen LogP contribution is 2.50. The van der Waals surface area contributed by atoms with E-state index < -0.39 is 0 Å². The molecule has 7 nitrogen and oxygen atoms in total. The molecule has 2 aliphatic heterocycles. The average molecular weight is 397 g/mol. The Morgan fingerprint density at radius 1 is 1.17 bits per heavy atom. The van der Waals surface area contributed by atoms with Crippen molar-refractivity contribution in [1.29, 1.82) is 0 Å².